The van der Waals surface area contributed by atoms with E-state index in [1.165, 1.54) is 0 Å². The first-order valence-electron chi connectivity index (χ1n) is 2.02. The van der Waals surface area contributed by atoms with Crippen LogP contribution in [-0.4, -0.2) is 49.8 Å². The number of carboxylic acid groups (broad SMARTS) is 2. The first-order valence-corrected chi connectivity index (χ1v) is 2.02. The number of hydrogen-bond donors (Lipinski definition) is 2. The van der Waals surface area contributed by atoms with Crippen molar-refractivity contribution in [3.63, 3.8) is 0 Å². The second-order valence-corrected chi connectivity index (χ2v) is 0.983. The first kappa shape index (κ1) is 22.4. The standard InChI is InChI=1S/2C2H4O2.H2O2.Pb/c2*1-2(3)4;1-2;/h2*1H3,(H,3,4);1-2H;/q;;;+2/p-2. The normalized spacial score (nSPS) is 5.09. The molecule has 0 spiro atoms. The van der Waals surface area contributed by atoms with E-state index in [1.807, 2.05) is 0 Å². The molecule has 0 aliphatic heterocycles. The summed E-state index contributed by atoms with van der Waals surface area (Å²) in [5.74, 6) is -2.17. The summed E-state index contributed by atoms with van der Waals surface area (Å²) in [4.78, 5) is 17.8. The van der Waals surface area contributed by atoms with Crippen LogP contribution in [0.15, 0.2) is 0 Å². The Morgan fingerprint density at radius 3 is 1.00 bits per heavy atom. The molecule has 0 rings (SSSR count). The minimum atomic E-state index is -1.08. The van der Waals surface area contributed by atoms with Crippen LogP contribution in [-0.2, 0) is 9.59 Å². The van der Waals surface area contributed by atoms with E-state index < -0.39 is 11.9 Å². The van der Waals surface area contributed by atoms with Gasteiger partial charge in [-0.25, -0.2) is 0 Å². The van der Waals surface area contributed by atoms with Gasteiger partial charge in [0.2, 0.25) is 0 Å². The van der Waals surface area contributed by atoms with Gasteiger partial charge in [0.25, 0.3) is 0 Å². The van der Waals surface area contributed by atoms with E-state index in [0.29, 0.717) is 0 Å². The average molecular weight is 359 g/mol. The monoisotopic (exact) mass is 360 g/mol. The Morgan fingerprint density at radius 2 is 1.00 bits per heavy atom. The molecule has 0 unspecified atom stereocenters. The van der Waals surface area contributed by atoms with Crippen molar-refractivity contribution in [3.8, 4) is 0 Å². The van der Waals surface area contributed by atoms with E-state index in [1.54, 1.807) is 0 Å². The molecule has 0 bridgehead atoms. The third-order valence-electron chi connectivity index (χ3n) is 0. The van der Waals surface area contributed by atoms with Gasteiger partial charge >= 0.3 is 27.3 Å². The molecule has 2 N–H and O–H groups in total. The summed E-state index contributed by atoms with van der Waals surface area (Å²) in [5, 5.41) is 29.8. The van der Waals surface area contributed by atoms with Gasteiger partial charge in [0.15, 0.2) is 0 Å². The van der Waals surface area contributed by atoms with E-state index in [-0.39, 0.29) is 27.3 Å². The second kappa shape index (κ2) is 22.6. The fraction of sp³-hybridized carbons (Fsp3) is 0.500. The van der Waals surface area contributed by atoms with Crippen LogP contribution in [0.4, 0.5) is 0 Å². The maximum atomic E-state index is 8.89. The molecule has 0 aliphatic carbocycles. The average Bonchev–Trinajstić information content (AvgIpc) is 1.66. The molecular weight excluding hydrogens is 351 g/mol. The molecule has 7 heteroatoms. The van der Waals surface area contributed by atoms with Crippen molar-refractivity contribution < 1.29 is 30.3 Å². The summed E-state index contributed by atoms with van der Waals surface area (Å²) in [7, 11) is 0. The topological polar surface area (TPSA) is 121 Å². The van der Waals surface area contributed by atoms with Crippen molar-refractivity contribution in [3.05, 3.63) is 0 Å². The van der Waals surface area contributed by atoms with Crippen LogP contribution < -0.4 is 10.2 Å². The number of rotatable bonds is 0. The van der Waals surface area contributed by atoms with E-state index >= 15 is 0 Å². The molecule has 0 aromatic rings. The Balaban J connectivity index is -0.0000000339. The molecule has 0 aliphatic rings. The summed E-state index contributed by atoms with van der Waals surface area (Å²) in [6.45, 7) is 1.94. The zero-order valence-electron chi connectivity index (χ0n) is 6.03. The molecule has 0 fully saturated rings. The van der Waals surface area contributed by atoms with Crippen LogP contribution in [0.1, 0.15) is 13.8 Å². The van der Waals surface area contributed by atoms with Gasteiger partial charge < -0.3 is 19.8 Å². The fourth-order valence-electron chi connectivity index (χ4n) is 0. The molecule has 64 valence electrons. The molecule has 0 amide bonds. The maximum Gasteiger partial charge on any atom is 2.00 e. The Morgan fingerprint density at radius 1 is 1.00 bits per heavy atom. The molecule has 0 aromatic heterocycles. The van der Waals surface area contributed by atoms with Crippen LogP contribution >= 0.6 is 0 Å². The smallest absolute Gasteiger partial charge is 0.550 e. The fourth-order valence-corrected chi connectivity index (χ4v) is 0. The summed E-state index contributed by atoms with van der Waals surface area (Å²) in [6, 6.07) is 0. The van der Waals surface area contributed by atoms with Crippen LogP contribution in [0.2, 0.25) is 0 Å². The number of hydrogen-bond acceptors (Lipinski definition) is 6. The third-order valence-corrected chi connectivity index (χ3v) is 0. The first-order chi connectivity index (χ1) is 4.46. The summed E-state index contributed by atoms with van der Waals surface area (Å²) in [5.41, 5.74) is 0. The SMILES string of the molecule is CC(=O)[O-].CC(=O)[O-].OO.[Pb+2]. The number of carbonyl (C=O) groups excluding carboxylic acids is 2. The van der Waals surface area contributed by atoms with Gasteiger partial charge in [-0.3, -0.25) is 10.5 Å². The van der Waals surface area contributed by atoms with Crippen LogP contribution in [0.25, 0.3) is 0 Å². The summed E-state index contributed by atoms with van der Waals surface area (Å²) in [6.07, 6.45) is 0. The molecule has 11 heavy (non-hydrogen) atoms. The predicted octanol–water partition coefficient (Wildman–Crippen LogP) is -2.85. The second-order valence-electron chi connectivity index (χ2n) is 0.983. The molecule has 0 atom stereocenters. The molecule has 0 heterocycles. The number of aliphatic carboxylic acids is 2. The van der Waals surface area contributed by atoms with Gasteiger partial charge in [0.1, 0.15) is 0 Å². The Labute approximate surface area is 83.6 Å². The van der Waals surface area contributed by atoms with Crippen molar-refractivity contribution in [1.82, 2.24) is 0 Å². The van der Waals surface area contributed by atoms with Gasteiger partial charge in [-0.2, -0.15) is 0 Å². The molecule has 0 aromatic carbocycles. The van der Waals surface area contributed by atoms with E-state index in [9.17, 15) is 0 Å². The Bertz CT molecular complexity index is 72.6. The minimum absolute atomic E-state index is 0. The molecule has 6 nitrogen and oxygen atoms in total. The van der Waals surface area contributed by atoms with Gasteiger partial charge in [-0.05, 0) is 13.8 Å². The Hall–Kier alpha value is -0.218. The third kappa shape index (κ3) is 12500. The molecule has 0 saturated carbocycles. The van der Waals surface area contributed by atoms with E-state index in [2.05, 4.69) is 0 Å². The van der Waals surface area contributed by atoms with Gasteiger partial charge in [0.05, 0.1) is 0 Å². The van der Waals surface area contributed by atoms with Crippen LogP contribution in [0.5, 0.6) is 0 Å². The molecule has 2 radical (unpaired) electrons. The summed E-state index contributed by atoms with van der Waals surface area (Å²) >= 11 is 0. The van der Waals surface area contributed by atoms with Crippen molar-refractivity contribution in [1.29, 1.82) is 0 Å². The van der Waals surface area contributed by atoms with Crippen LogP contribution in [0.3, 0.4) is 0 Å². The minimum Gasteiger partial charge on any atom is -0.550 e. The van der Waals surface area contributed by atoms with Crippen molar-refractivity contribution in [2.45, 2.75) is 13.8 Å². The maximum absolute atomic E-state index is 8.89. The zero-order valence-corrected chi connectivity index (χ0v) is 9.91. The molecule has 0 saturated heterocycles. The Kier molecular flexibility index (Phi) is 46.0. The van der Waals surface area contributed by atoms with Crippen LogP contribution in [0, 0.1) is 0 Å². The number of carbonyl (C=O) groups is 2. The largest absolute Gasteiger partial charge is 2.00 e. The van der Waals surface area contributed by atoms with E-state index in [4.69, 9.17) is 30.3 Å². The van der Waals surface area contributed by atoms with Crippen molar-refractivity contribution in [2.75, 3.05) is 0 Å². The zero-order chi connectivity index (χ0) is 9.15. The molecular formula is C4H8O6Pb. The summed E-state index contributed by atoms with van der Waals surface area (Å²) < 4.78 is 0. The van der Waals surface area contributed by atoms with Gasteiger partial charge in [-0.15, -0.1) is 0 Å². The van der Waals surface area contributed by atoms with E-state index in [0.717, 1.165) is 13.8 Å². The quantitative estimate of drug-likeness (QED) is 0.273. The van der Waals surface area contributed by atoms with Gasteiger partial charge in [0, 0.05) is 11.9 Å². The van der Waals surface area contributed by atoms with Crippen molar-refractivity contribution >= 4 is 39.2 Å². The van der Waals surface area contributed by atoms with Gasteiger partial charge in [-0.1, -0.05) is 0 Å². The predicted molar refractivity (Wildman–Crippen MR) is 32.4 cm³/mol. The van der Waals surface area contributed by atoms with Crippen molar-refractivity contribution in [2.24, 2.45) is 0 Å². The number of carboxylic acids is 2.